The molecule has 1 aliphatic carbocycles. The molecule has 0 atom stereocenters. The Kier molecular flexibility index (Phi) is 4.35. The lowest BCUT2D eigenvalue weighted by atomic mass is 10.2. The zero-order valence-electron chi connectivity index (χ0n) is 15.1. The molecule has 7 nitrogen and oxygen atoms in total. The molecule has 0 radical (unpaired) electrons. The molecule has 0 amide bonds. The SMILES string of the molecule is COc1cc2ncnc(Oc3ccc(S(=N)(=N)C4CC4)cc3)c2cc1OC. The first-order valence-corrected chi connectivity index (χ1v) is 10.2. The topological polar surface area (TPSA) is 101 Å². The second kappa shape index (κ2) is 6.70. The average Bonchev–Trinajstić information content (AvgIpc) is 3.53. The summed E-state index contributed by atoms with van der Waals surface area (Å²) in [6, 6.07) is 10.8. The van der Waals surface area contributed by atoms with E-state index < -0.39 is 9.62 Å². The third kappa shape index (κ3) is 3.28. The van der Waals surface area contributed by atoms with Crippen LogP contribution in [0.2, 0.25) is 0 Å². The van der Waals surface area contributed by atoms with Gasteiger partial charge in [0.1, 0.15) is 12.1 Å². The largest absolute Gasteiger partial charge is 0.493 e. The quantitative estimate of drug-likeness (QED) is 0.645. The van der Waals surface area contributed by atoms with Crippen LogP contribution in [0.1, 0.15) is 12.8 Å². The van der Waals surface area contributed by atoms with Gasteiger partial charge in [0.05, 0.1) is 25.1 Å². The Morgan fingerprint density at radius 2 is 1.63 bits per heavy atom. The van der Waals surface area contributed by atoms with E-state index >= 15 is 0 Å². The normalized spacial score (nSPS) is 14.1. The fourth-order valence-corrected chi connectivity index (χ4v) is 4.68. The van der Waals surface area contributed by atoms with Crippen molar-refractivity contribution < 1.29 is 14.2 Å². The zero-order chi connectivity index (χ0) is 19.0. The van der Waals surface area contributed by atoms with Gasteiger partial charge in [-0.2, -0.15) is 0 Å². The van der Waals surface area contributed by atoms with Crippen molar-refractivity contribution in [3.8, 4) is 23.1 Å². The Balaban J connectivity index is 1.67. The number of hydrogen-bond donors (Lipinski definition) is 2. The predicted molar refractivity (Wildman–Crippen MR) is 103 cm³/mol. The number of fused-ring (bicyclic) bond motifs is 1. The maximum atomic E-state index is 8.33. The molecule has 8 heteroatoms. The Bertz CT molecular complexity index is 1090. The molecule has 0 aliphatic heterocycles. The molecule has 0 unspecified atom stereocenters. The smallest absolute Gasteiger partial charge is 0.230 e. The summed E-state index contributed by atoms with van der Waals surface area (Å²) in [7, 11) is 0.929. The third-order valence-corrected chi connectivity index (χ3v) is 7.03. The van der Waals surface area contributed by atoms with Crippen molar-refractivity contribution in [3.63, 3.8) is 0 Å². The molecule has 0 spiro atoms. The van der Waals surface area contributed by atoms with Gasteiger partial charge in [-0.3, -0.25) is 9.56 Å². The number of nitrogens with zero attached hydrogens (tertiary/aromatic N) is 2. The van der Waals surface area contributed by atoms with Crippen LogP contribution in [0.25, 0.3) is 10.9 Å². The Hall–Kier alpha value is -2.87. The molecule has 1 aromatic heterocycles. The van der Waals surface area contributed by atoms with Gasteiger partial charge in [0.25, 0.3) is 0 Å². The van der Waals surface area contributed by atoms with Crippen LogP contribution in [-0.2, 0) is 9.62 Å². The van der Waals surface area contributed by atoms with E-state index in [4.69, 9.17) is 23.8 Å². The van der Waals surface area contributed by atoms with Crippen LogP contribution in [0.5, 0.6) is 23.1 Å². The first-order valence-electron chi connectivity index (χ1n) is 8.49. The second-order valence-corrected chi connectivity index (χ2v) is 8.79. The monoisotopic (exact) mass is 384 g/mol. The van der Waals surface area contributed by atoms with Crippen LogP contribution in [0.4, 0.5) is 0 Å². The van der Waals surface area contributed by atoms with Crippen molar-refractivity contribution in [2.24, 2.45) is 0 Å². The highest BCUT2D eigenvalue weighted by Gasteiger charge is 2.30. The highest BCUT2D eigenvalue weighted by molar-refractivity contribution is 7.94. The van der Waals surface area contributed by atoms with E-state index in [1.165, 1.54) is 6.33 Å². The molecule has 2 N–H and O–H groups in total. The van der Waals surface area contributed by atoms with Crippen LogP contribution in [0.3, 0.4) is 0 Å². The zero-order valence-corrected chi connectivity index (χ0v) is 15.9. The highest BCUT2D eigenvalue weighted by Crippen LogP contribution is 2.37. The van der Waals surface area contributed by atoms with E-state index in [-0.39, 0.29) is 5.25 Å². The standard InChI is InChI=1S/C19H20N4O3S/c1-24-17-9-15-16(10-18(17)25-2)22-11-23-19(15)26-12-3-5-13(6-4-12)27(20,21)14-7-8-14/h3-6,9-11,14,20-21H,7-8H2,1-2H3. The summed E-state index contributed by atoms with van der Waals surface area (Å²) in [6.45, 7) is 0. The van der Waals surface area contributed by atoms with Crippen LogP contribution in [-0.4, -0.2) is 29.4 Å². The van der Waals surface area contributed by atoms with E-state index in [9.17, 15) is 0 Å². The first-order chi connectivity index (χ1) is 13.0. The maximum Gasteiger partial charge on any atom is 0.230 e. The van der Waals surface area contributed by atoms with Gasteiger partial charge in [0.15, 0.2) is 11.5 Å². The van der Waals surface area contributed by atoms with Gasteiger partial charge in [-0.1, -0.05) is 0 Å². The first kappa shape index (κ1) is 17.5. The van der Waals surface area contributed by atoms with Gasteiger partial charge in [0, 0.05) is 16.2 Å². The Labute approximate surface area is 157 Å². The number of hydrogen-bond acceptors (Lipinski definition) is 7. The van der Waals surface area contributed by atoms with Gasteiger partial charge in [-0.05, 0) is 52.8 Å². The van der Waals surface area contributed by atoms with Crippen LogP contribution >= 0.6 is 0 Å². The molecule has 0 saturated heterocycles. The summed E-state index contributed by atoms with van der Waals surface area (Å²) in [5.74, 6) is 2.16. The summed E-state index contributed by atoms with van der Waals surface area (Å²) in [5, 5.41) is 0.913. The van der Waals surface area contributed by atoms with Crippen molar-refractivity contribution >= 4 is 20.5 Å². The van der Waals surface area contributed by atoms with Crippen molar-refractivity contribution in [2.45, 2.75) is 23.0 Å². The second-order valence-electron chi connectivity index (χ2n) is 6.34. The highest BCUT2D eigenvalue weighted by atomic mass is 32.2. The number of aromatic nitrogens is 2. The lowest BCUT2D eigenvalue weighted by molar-refractivity contribution is 0.355. The van der Waals surface area contributed by atoms with Gasteiger partial charge < -0.3 is 14.2 Å². The molecular formula is C19H20N4O3S. The molecule has 4 rings (SSSR count). The van der Waals surface area contributed by atoms with Gasteiger partial charge in [-0.25, -0.2) is 9.97 Å². The maximum absolute atomic E-state index is 8.33. The summed E-state index contributed by atoms with van der Waals surface area (Å²) in [4.78, 5) is 9.27. The molecular weight excluding hydrogens is 364 g/mol. The molecule has 140 valence electrons. The summed E-state index contributed by atoms with van der Waals surface area (Å²) in [6.07, 6.45) is 3.41. The number of benzene rings is 2. The molecule has 3 aromatic rings. The lowest BCUT2D eigenvalue weighted by Crippen LogP contribution is -2.02. The van der Waals surface area contributed by atoms with Crippen LogP contribution in [0.15, 0.2) is 47.6 Å². The molecule has 1 aliphatic rings. The lowest BCUT2D eigenvalue weighted by Gasteiger charge is -2.13. The summed E-state index contributed by atoms with van der Waals surface area (Å²) < 4.78 is 33.3. The van der Waals surface area contributed by atoms with E-state index in [0.29, 0.717) is 34.0 Å². The molecule has 0 bridgehead atoms. The molecule has 2 aromatic carbocycles. The van der Waals surface area contributed by atoms with E-state index in [1.807, 2.05) is 12.1 Å². The Morgan fingerprint density at radius 1 is 0.963 bits per heavy atom. The minimum Gasteiger partial charge on any atom is -0.493 e. The molecule has 1 fully saturated rings. The molecule has 27 heavy (non-hydrogen) atoms. The minimum absolute atomic E-state index is 0.206. The number of ether oxygens (including phenoxy) is 3. The van der Waals surface area contributed by atoms with E-state index in [1.54, 1.807) is 38.5 Å². The summed E-state index contributed by atoms with van der Waals surface area (Å²) in [5.41, 5.74) is 0.684. The average molecular weight is 384 g/mol. The number of nitrogens with one attached hydrogen (secondary N) is 2. The van der Waals surface area contributed by atoms with Crippen molar-refractivity contribution in [1.82, 2.24) is 9.97 Å². The van der Waals surface area contributed by atoms with Crippen molar-refractivity contribution in [3.05, 3.63) is 42.7 Å². The molecule has 1 saturated carbocycles. The van der Waals surface area contributed by atoms with Gasteiger partial charge >= 0.3 is 0 Å². The number of rotatable bonds is 6. The third-order valence-electron chi connectivity index (χ3n) is 4.54. The fraction of sp³-hybridized carbons (Fsp3) is 0.263. The van der Waals surface area contributed by atoms with E-state index in [2.05, 4.69) is 9.97 Å². The summed E-state index contributed by atoms with van der Waals surface area (Å²) >= 11 is 0. The van der Waals surface area contributed by atoms with E-state index in [0.717, 1.165) is 17.7 Å². The Morgan fingerprint density at radius 3 is 2.26 bits per heavy atom. The predicted octanol–water partition coefficient (Wildman–Crippen LogP) is 4.64. The number of methoxy groups -OCH3 is 2. The minimum atomic E-state index is -2.22. The molecule has 1 heterocycles. The van der Waals surface area contributed by atoms with Gasteiger partial charge in [-0.15, -0.1) is 0 Å². The van der Waals surface area contributed by atoms with Crippen LogP contribution in [0, 0.1) is 9.56 Å². The van der Waals surface area contributed by atoms with Gasteiger partial charge in [0.2, 0.25) is 5.88 Å². The van der Waals surface area contributed by atoms with Crippen molar-refractivity contribution in [2.75, 3.05) is 14.2 Å². The van der Waals surface area contributed by atoms with Crippen molar-refractivity contribution in [1.29, 1.82) is 9.56 Å². The van der Waals surface area contributed by atoms with Crippen LogP contribution < -0.4 is 14.2 Å². The fourth-order valence-electron chi connectivity index (χ4n) is 2.89.